The molecule has 0 unspecified atom stereocenters. The highest BCUT2D eigenvalue weighted by atomic mass is 13.9. The Morgan fingerprint density at radius 3 is 2.17 bits per heavy atom. The maximum absolute atomic E-state index is 3.82. The Bertz CT molecular complexity index is 80.2. The average molecular weight is 166 g/mol. The first-order valence-electron chi connectivity index (χ1n) is 5.14. The molecule has 0 heteroatoms. The van der Waals surface area contributed by atoms with Crippen molar-refractivity contribution in [2.24, 2.45) is 0 Å². The van der Waals surface area contributed by atoms with Gasteiger partial charge in [-0.05, 0) is 32.1 Å². The summed E-state index contributed by atoms with van der Waals surface area (Å²) in [6, 6.07) is 0. The van der Waals surface area contributed by atoms with Crippen molar-refractivity contribution in [3.05, 3.63) is 25.5 Å². The molecule has 0 aromatic rings. The van der Waals surface area contributed by atoms with Gasteiger partial charge < -0.3 is 0 Å². The van der Waals surface area contributed by atoms with E-state index in [0.29, 0.717) is 0 Å². The van der Waals surface area contributed by atoms with E-state index in [9.17, 15) is 0 Å². The summed E-state index contributed by atoms with van der Waals surface area (Å²) in [7, 11) is 0. The molecule has 0 aliphatic heterocycles. The smallest absolute Gasteiger partial charge is 0.0351 e. The van der Waals surface area contributed by atoms with Gasteiger partial charge in [0.1, 0.15) is 0 Å². The molecule has 0 nitrogen and oxygen atoms in total. The van der Waals surface area contributed by atoms with Gasteiger partial charge in [0.15, 0.2) is 0 Å². The summed E-state index contributed by atoms with van der Waals surface area (Å²) in [4.78, 5) is 0. The van der Waals surface area contributed by atoms with Crippen LogP contribution in [0.4, 0.5) is 0 Å². The highest BCUT2D eigenvalue weighted by molar-refractivity contribution is 4.81. The zero-order valence-electron chi connectivity index (χ0n) is 8.39. The largest absolute Gasteiger partial charge is 0.0885 e. The third kappa shape index (κ3) is 9.74. The van der Waals surface area contributed by atoms with E-state index in [4.69, 9.17) is 0 Å². The molecule has 2 radical (unpaired) electrons. The van der Waals surface area contributed by atoms with Gasteiger partial charge >= 0.3 is 0 Å². The molecule has 0 saturated heterocycles. The molecule has 0 amide bonds. The van der Waals surface area contributed by atoms with Gasteiger partial charge in [-0.1, -0.05) is 45.3 Å². The maximum atomic E-state index is 3.82. The van der Waals surface area contributed by atoms with Crippen molar-refractivity contribution in [3.63, 3.8) is 0 Å². The van der Waals surface area contributed by atoms with Gasteiger partial charge in [0, 0.05) is 0 Å². The van der Waals surface area contributed by atoms with Crippen LogP contribution in [-0.2, 0) is 0 Å². The molecule has 0 bridgehead atoms. The van der Waals surface area contributed by atoms with Gasteiger partial charge in [0.25, 0.3) is 0 Å². The molecule has 0 heterocycles. The number of rotatable bonds is 8. The van der Waals surface area contributed by atoms with Crippen LogP contribution in [0, 0.1) is 13.3 Å². The SMILES string of the molecule is [CH2]CCCC/C=C/CCC[CH]C. The lowest BCUT2D eigenvalue weighted by Crippen LogP contribution is -1.73. The van der Waals surface area contributed by atoms with Crippen molar-refractivity contribution in [1.29, 1.82) is 0 Å². The summed E-state index contributed by atoms with van der Waals surface area (Å²) < 4.78 is 0. The summed E-state index contributed by atoms with van der Waals surface area (Å²) in [6.45, 7) is 5.94. The predicted octanol–water partition coefficient (Wildman–Crippen LogP) is 4.33. The fourth-order valence-corrected chi connectivity index (χ4v) is 1.11. The fourth-order valence-electron chi connectivity index (χ4n) is 1.11. The Kier molecular flexibility index (Phi) is 10.5. The Balaban J connectivity index is 2.93. The Labute approximate surface area is 78.1 Å². The van der Waals surface area contributed by atoms with Crippen molar-refractivity contribution in [3.8, 4) is 0 Å². The van der Waals surface area contributed by atoms with Crippen LogP contribution in [0.5, 0.6) is 0 Å². The van der Waals surface area contributed by atoms with Gasteiger partial charge in [0.2, 0.25) is 0 Å². The van der Waals surface area contributed by atoms with Crippen LogP contribution in [0.15, 0.2) is 12.2 Å². The third-order valence-electron chi connectivity index (χ3n) is 1.90. The third-order valence-corrected chi connectivity index (χ3v) is 1.90. The van der Waals surface area contributed by atoms with E-state index in [2.05, 4.69) is 32.4 Å². The first-order valence-corrected chi connectivity index (χ1v) is 5.14. The minimum atomic E-state index is 1.08. The average Bonchev–Trinajstić information content (AvgIpc) is 2.10. The van der Waals surface area contributed by atoms with Crippen LogP contribution in [0.3, 0.4) is 0 Å². The first kappa shape index (κ1) is 11.7. The molecule has 0 aromatic carbocycles. The summed E-state index contributed by atoms with van der Waals surface area (Å²) >= 11 is 0. The van der Waals surface area contributed by atoms with Crippen LogP contribution in [0.2, 0.25) is 0 Å². The van der Waals surface area contributed by atoms with E-state index >= 15 is 0 Å². The Morgan fingerprint density at radius 2 is 1.58 bits per heavy atom. The normalized spacial score (nSPS) is 11.2. The minimum Gasteiger partial charge on any atom is -0.0885 e. The summed E-state index contributed by atoms with van der Waals surface area (Å²) in [5.41, 5.74) is 0. The van der Waals surface area contributed by atoms with Gasteiger partial charge in [-0.3, -0.25) is 0 Å². The second-order valence-corrected chi connectivity index (χ2v) is 3.16. The lowest BCUT2D eigenvalue weighted by Gasteiger charge is -1.93. The molecular weight excluding hydrogens is 144 g/mol. The van der Waals surface area contributed by atoms with E-state index in [1.165, 1.54) is 38.5 Å². The molecule has 0 aliphatic rings. The highest BCUT2D eigenvalue weighted by Crippen LogP contribution is 2.02. The quantitative estimate of drug-likeness (QED) is 0.372. The van der Waals surface area contributed by atoms with Gasteiger partial charge in [0.05, 0.1) is 0 Å². The summed E-state index contributed by atoms with van der Waals surface area (Å²) in [6.07, 6.45) is 15.6. The molecule has 0 aromatic heterocycles. The molecule has 0 atom stereocenters. The van der Waals surface area contributed by atoms with E-state index in [1.54, 1.807) is 0 Å². The number of allylic oxidation sites excluding steroid dienone is 2. The van der Waals surface area contributed by atoms with E-state index in [-0.39, 0.29) is 0 Å². The van der Waals surface area contributed by atoms with E-state index in [1.807, 2.05) is 0 Å². The standard InChI is InChI=1S/C12H22/c1-3-5-7-9-11-12-10-8-6-4-2/h4,11-12H,1,3,5-10H2,2H3/b12-11+. The fraction of sp³-hybridized carbons (Fsp3) is 0.667. The lowest BCUT2D eigenvalue weighted by atomic mass is 10.1. The molecule has 12 heavy (non-hydrogen) atoms. The van der Waals surface area contributed by atoms with E-state index in [0.717, 1.165) is 6.42 Å². The first-order chi connectivity index (χ1) is 5.91. The number of unbranched alkanes of at least 4 members (excludes halogenated alkanes) is 6. The Hall–Kier alpha value is -0.260. The minimum absolute atomic E-state index is 1.08. The summed E-state index contributed by atoms with van der Waals surface area (Å²) in [5, 5.41) is 0. The second kappa shape index (κ2) is 10.7. The molecule has 70 valence electrons. The predicted molar refractivity (Wildman–Crippen MR) is 56.8 cm³/mol. The number of hydrogen-bond donors (Lipinski definition) is 0. The molecule has 0 rings (SSSR count). The molecule has 0 N–H and O–H groups in total. The van der Waals surface area contributed by atoms with Crippen LogP contribution in [-0.4, -0.2) is 0 Å². The van der Waals surface area contributed by atoms with Gasteiger partial charge in [-0.15, -0.1) is 0 Å². The van der Waals surface area contributed by atoms with E-state index < -0.39 is 0 Å². The Morgan fingerprint density at radius 1 is 0.917 bits per heavy atom. The zero-order valence-corrected chi connectivity index (χ0v) is 8.39. The summed E-state index contributed by atoms with van der Waals surface area (Å²) in [5.74, 6) is 0. The van der Waals surface area contributed by atoms with Gasteiger partial charge in [-0.25, -0.2) is 0 Å². The van der Waals surface area contributed by atoms with Crippen LogP contribution >= 0.6 is 0 Å². The molecule has 0 aliphatic carbocycles. The molecule has 0 saturated carbocycles. The van der Waals surface area contributed by atoms with Crippen LogP contribution < -0.4 is 0 Å². The van der Waals surface area contributed by atoms with Crippen molar-refractivity contribution < 1.29 is 0 Å². The number of hydrogen-bond acceptors (Lipinski definition) is 0. The topological polar surface area (TPSA) is 0 Å². The maximum Gasteiger partial charge on any atom is -0.0351 e. The van der Waals surface area contributed by atoms with Crippen LogP contribution in [0.25, 0.3) is 0 Å². The molecular formula is C12H22. The lowest BCUT2D eigenvalue weighted by molar-refractivity contribution is 0.755. The zero-order chi connectivity index (χ0) is 9.07. The molecule has 0 spiro atoms. The van der Waals surface area contributed by atoms with Crippen molar-refractivity contribution in [2.75, 3.05) is 0 Å². The van der Waals surface area contributed by atoms with Crippen LogP contribution in [0.1, 0.15) is 51.9 Å². The second-order valence-electron chi connectivity index (χ2n) is 3.16. The van der Waals surface area contributed by atoms with Crippen molar-refractivity contribution in [2.45, 2.75) is 51.9 Å². The highest BCUT2D eigenvalue weighted by Gasteiger charge is 1.83. The van der Waals surface area contributed by atoms with Crippen molar-refractivity contribution in [1.82, 2.24) is 0 Å². The van der Waals surface area contributed by atoms with Gasteiger partial charge in [-0.2, -0.15) is 0 Å². The monoisotopic (exact) mass is 166 g/mol. The molecule has 0 fully saturated rings. The van der Waals surface area contributed by atoms with Crippen molar-refractivity contribution >= 4 is 0 Å².